The zero-order valence-electron chi connectivity index (χ0n) is 10.1. The minimum absolute atomic E-state index is 0.0680. The first-order chi connectivity index (χ1) is 8.32. The Morgan fingerprint density at radius 3 is 2.72 bits per heavy atom. The summed E-state index contributed by atoms with van der Waals surface area (Å²) in [5.74, 6) is 0.244. The summed E-state index contributed by atoms with van der Waals surface area (Å²) >= 11 is 3.19. The van der Waals surface area contributed by atoms with Crippen molar-refractivity contribution in [2.45, 2.75) is 32.5 Å². The molecule has 1 saturated carbocycles. The highest BCUT2D eigenvalue weighted by molar-refractivity contribution is 9.10. The molecule has 1 aromatic carbocycles. The lowest BCUT2D eigenvalue weighted by atomic mass is 9.66. The summed E-state index contributed by atoms with van der Waals surface area (Å²) in [4.78, 5) is 10.5. The van der Waals surface area contributed by atoms with Crippen LogP contribution in [0.5, 0.6) is 5.75 Å². The zero-order valence-corrected chi connectivity index (χ0v) is 11.7. The second kappa shape index (κ2) is 4.51. The summed E-state index contributed by atoms with van der Waals surface area (Å²) in [6, 6.07) is 4.69. The van der Waals surface area contributed by atoms with Gasteiger partial charge >= 0.3 is 5.69 Å². The fourth-order valence-corrected chi connectivity index (χ4v) is 2.30. The molecule has 5 nitrogen and oxygen atoms in total. The largest absolute Gasteiger partial charge is 0.483 e. The first-order valence-corrected chi connectivity index (χ1v) is 6.40. The fraction of sp³-hybridized carbons (Fsp3) is 0.500. The van der Waals surface area contributed by atoms with Crippen LogP contribution in [-0.2, 0) is 0 Å². The standard InChI is InChI=1S/C12H14BrNO4/c1-12(2)10(15)6-11(12)18-9-4-3-7(13)5-8(9)14(16)17/h3-5,10-11,15H,6H2,1-2H3. The molecule has 1 aliphatic rings. The molecule has 18 heavy (non-hydrogen) atoms. The van der Waals surface area contributed by atoms with Crippen LogP contribution in [0.2, 0.25) is 0 Å². The van der Waals surface area contributed by atoms with Gasteiger partial charge in [-0.15, -0.1) is 0 Å². The second-order valence-electron chi connectivity index (χ2n) is 5.05. The highest BCUT2D eigenvalue weighted by Crippen LogP contribution is 2.44. The Labute approximate surface area is 113 Å². The number of rotatable bonds is 3. The summed E-state index contributed by atoms with van der Waals surface area (Å²) in [6.07, 6.45) is -0.121. The average molecular weight is 316 g/mol. The molecule has 1 N–H and O–H groups in total. The molecule has 1 aliphatic carbocycles. The van der Waals surface area contributed by atoms with Crippen LogP contribution in [0.3, 0.4) is 0 Å². The van der Waals surface area contributed by atoms with Crippen LogP contribution in [-0.4, -0.2) is 22.2 Å². The number of nitro groups is 1. The van der Waals surface area contributed by atoms with Gasteiger partial charge in [-0.1, -0.05) is 29.8 Å². The van der Waals surface area contributed by atoms with E-state index in [4.69, 9.17) is 4.74 Å². The van der Waals surface area contributed by atoms with Crippen LogP contribution in [0.15, 0.2) is 22.7 Å². The van der Waals surface area contributed by atoms with E-state index < -0.39 is 11.0 Å². The van der Waals surface area contributed by atoms with E-state index in [1.54, 1.807) is 12.1 Å². The van der Waals surface area contributed by atoms with Crippen LogP contribution in [0.4, 0.5) is 5.69 Å². The van der Waals surface area contributed by atoms with Crippen molar-refractivity contribution in [3.63, 3.8) is 0 Å². The lowest BCUT2D eigenvalue weighted by molar-refractivity contribution is -0.386. The third kappa shape index (κ3) is 2.22. The molecule has 0 spiro atoms. The van der Waals surface area contributed by atoms with Gasteiger partial charge in [0.1, 0.15) is 6.10 Å². The van der Waals surface area contributed by atoms with Crippen molar-refractivity contribution in [1.29, 1.82) is 0 Å². The van der Waals surface area contributed by atoms with Crippen molar-refractivity contribution in [2.75, 3.05) is 0 Å². The van der Waals surface area contributed by atoms with E-state index in [0.29, 0.717) is 10.9 Å². The van der Waals surface area contributed by atoms with Crippen molar-refractivity contribution < 1.29 is 14.8 Å². The molecule has 98 valence electrons. The summed E-state index contributed by atoms with van der Waals surface area (Å²) in [5, 5.41) is 20.6. The van der Waals surface area contributed by atoms with Crippen molar-refractivity contribution >= 4 is 21.6 Å². The number of benzene rings is 1. The summed E-state index contributed by atoms with van der Waals surface area (Å²) in [6.45, 7) is 3.77. The number of aliphatic hydroxyl groups is 1. The fourth-order valence-electron chi connectivity index (χ4n) is 1.95. The molecule has 0 aliphatic heterocycles. The maximum absolute atomic E-state index is 10.9. The molecule has 0 bridgehead atoms. The van der Waals surface area contributed by atoms with Gasteiger partial charge in [-0.2, -0.15) is 0 Å². The topological polar surface area (TPSA) is 72.6 Å². The minimum Gasteiger partial charge on any atom is -0.483 e. The van der Waals surface area contributed by atoms with Gasteiger partial charge in [0, 0.05) is 22.4 Å². The predicted molar refractivity (Wildman–Crippen MR) is 69.6 cm³/mol. The molecule has 0 saturated heterocycles. The lowest BCUT2D eigenvalue weighted by Crippen LogP contribution is -2.56. The number of halogens is 1. The second-order valence-corrected chi connectivity index (χ2v) is 5.96. The van der Waals surface area contributed by atoms with Crippen LogP contribution >= 0.6 is 15.9 Å². The molecule has 0 radical (unpaired) electrons. The molecular formula is C12H14BrNO4. The number of ether oxygens (including phenoxy) is 1. The molecular weight excluding hydrogens is 302 g/mol. The number of hydrogen-bond acceptors (Lipinski definition) is 4. The summed E-state index contributed by atoms with van der Waals surface area (Å²) in [7, 11) is 0. The van der Waals surface area contributed by atoms with Crippen LogP contribution < -0.4 is 4.74 Å². The van der Waals surface area contributed by atoms with Gasteiger partial charge in [-0.05, 0) is 12.1 Å². The quantitative estimate of drug-likeness (QED) is 0.687. The third-order valence-corrected chi connectivity index (χ3v) is 4.01. The number of nitro benzene ring substituents is 1. The number of nitrogens with zero attached hydrogens (tertiary/aromatic N) is 1. The lowest BCUT2D eigenvalue weighted by Gasteiger charge is -2.48. The van der Waals surface area contributed by atoms with Gasteiger partial charge in [0.25, 0.3) is 0 Å². The maximum atomic E-state index is 10.9. The van der Waals surface area contributed by atoms with E-state index in [0.717, 1.165) is 0 Å². The zero-order chi connectivity index (χ0) is 13.5. The first-order valence-electron chi connectivity index (χ1n) is 5.61. The molecule has 0 amide bonds. The molecule has 2 rings (SSSR count). The maximum Gasteiger partial charge on any atom is 0.312 e. The first kappa shape index (κ1) is 13.3. The predicted octanol–water partition coefficient (Wildman–Crippen LogP) is 2.90. The number of aliphatic hydroxyl groups excluding tert-OH is 1. The van der Waals surface area contributed by atoms with Gasteiger partial charge in [0.2, 0.25) is 0 Å². The molecule has 0 heterocycles. The summed E-state index contributed by atoms with van der Waals surface area (Å²) in [5.41, 5.74) is -0.442. The van der Waals surface area contributed by atoms with Gasteiger partial charge in [-0.25, -0.2) is 0 Å². The molecule has 0 aromatic heterocycles. The van der Waals surface area contributed by atoms with Crippen molar-refractivity contribution in [3.05, 3.63) is 32.8 Å². The average Bonchev–Trinajstić information content (AvgIpc) is 2.30. The Hall–Kier alpha value is -1.14. The molecule has 1 fully saturated rings. The number of hydrogen-bond donors (Lipinski definition) is 1. The Kier molecular flexibility index (Phi) is 3.33. The normalized spacial score (nSPS) is 25.3. The van der Waals surface area contributed by atoms with E-state index in [9.17, 15) is 15.2 Å². The van der Waals surface area contributed by atoms with Gasteiger partial charge < -0.3 is 9.84 Å². The van der Waals surface area contributed by atoms with Crippen LogP contribution in [0.1, 0.15) is 20.3 Å². The summed E-state index contributed by atoms with van der Waals surface area (Å²) < 4.78 is 6.29. The smallest absolute Gasteiger partial charge is 0.312 e. The van der Waals surface area contributed by atoms with Gasteiger partial charge in [0.05, 0.1) is 11.0 Å². The molecule has 6 heteroatoms. The minimum atomic E-state index is -0.470. The van der Waals surface area contributed by atoms with Crippen molar-refractivity contribution in [3.8, 4) is 5.75 Å². The Morgan fingerprint density at radius 2 is 2.22 bits per heavy atom. The van der Waals surface area contributed by atoms with E-state index >= 15 is 0 Å². The Morgan fingerprint density at radius 1 is 1.56 bits per heavy atom. The molecule has 2 unspecified atom stereocenters. The van der Waals surface area contributed by atoms with Crippen LogP contribution in [0.25, 0.3) is 0 Å². The monoisotopic (exact) mass is 315 g/mol. The van der Waals surface area contributed by atoms with Gasteiger partial charge in [0.15, 0.2) is 5.75 Å². The van der Waals surface area contributed by atoms with Gasteiger partial charge in [-0.3, -0.25) is 10.1 Å². The van der Waals surface area contributed by atoms with Crippen molar-refractivity contribution in [1.82, 2.24) is 0 Å². The Balaban J connectivity index is 2.23. The molecule has 1 aromatic rings. The SMILES string of the molecule is CC1(C)C(O)CC1Oc1ccc(Br)cc1[N+](=O)[O-]. The molecule has 2 atom stereocenters. The Bertz CT molecular complexity index is 489. The van der Waals surface area contributed by atoms with E-state index in [2.05, 4.69) is 15.9 Å². The highest BCUT2D eigenvalue weighted by Gasteiger charge is 2.49. The van der Waals surface area contributed by atoms with Crippen molar-refractivity contribution in [2.24, 2.45) is 5.41 Å². The third-order valence-electron chi connectivity index (χ3n) is 3.51. The highest BCUT2D eigenvalue weighted by atomic mass is 79.9. The van der Waals surface area contributed by atoms with E-state index in [-0.39, 0.29) is 23.0 Å². The van der Waals surface area contributed by atoms with E-state index in [1.165, 1.54) is 6.07 Å². The van der Waals surface area contributed by atoms with E-state index in [1.807, 2.05) is 13.8 Å². The van der Waals surface area contributed by atoms with Crippen LogP contribution in [0, 0.1) is 15.5 Å².